The van der Waals surface area contributed by atoms with Crippen LogP contribution in [-0.4, -0.2) is 18.1 Å². The Morgan fingerprint density at radius 3 is 2.58 bits per heavy atom. The largest absolute Gasteiger partial charge is 0.497 e. The number of amides is 1. The van der Waals surface area contributed by atoms with E-state index in [9.17, 15) is 9.18 Å². The highest BCUT2D eigenvalue weighted by atomic mass is 19.1. The Morgan fingerprint density at radius 2 is 1.96 bits per heavy atom. The number of aliphatic hydroxyl groups excluding tert-OH is 1. The zero-order valence-corrected chi connectivity index (χ0v) is 13.9. The first-order valence-electron chi connectivity index (χ1n) is 7.82. The number of hydrogen-bond donors (Lipinski definition) is 2. The van der Waals surface area contributed by atoms with Crippen LogP contribution in [0, 0.1) is 5.82 Å². The van der Waals surface area contributed by atoms with Crippen LogP contribution in [0.3, 0.4) is 0 Å². The topological polar surface area (TPSA) is 58.6 Å². The van der Waals surface area contributed by atoms with Gasteiger partial charge in [0.1, 0.15) is 11.6 Å². The van der Waals surface area contributed by atoms with E-state index in [0.29, 0.717) is 13.0 Å². The van der Waals surface area contributed by atoms with Gasteiger partial charge in [0.25, 0.3) is 0 Å². The minimum absolute atomic E-state index is 0.0757. The molecular formula is C19H22FNO3. The van der Waals surface area contributed by atoms with Gasteiger partial charge in [-0.1, -0.05) is 25.1 Å². The number of ether oxygens (including phenoxy) is 1. The number of benzene rings is 2. The molecule has 0 saturated heterocycles. The summed E-state index contributed by atoms with van der Waals surface area (Å²) in [6.45, 7) is 1.94. The van der Waals surface area contributed by atoms with Crippen LogP contribution in [0.2, 0.25) is 0 Å². The minimum Gasteiger partial charge on any atom is -0.497 e. The molecule has 0 saturated carbocycles. The first-order chi connectivity index (χ1) is 11.5. The van der Waals surface area contributed by atoms with Crippen molar-refractivity contribution in [2.45, 2.75) is 32.4 Å². The molecule has 4 nitrogen and oxygen atoms in total. The van der Waals surface area contributed by atoms with E-state index in [1.807, 2.05) is 31.2 Å². The fourth-order valence-corrected chi connectivity index (χ4v) is 2.46. The third-order valence-corrected chi connectivity index (χ3v) is 3.95. The highest BCUT2D eigenvalue weighted by molar-refractivity contribution is 5.76. The molecule has 0 bridgehead atoms. The molecule has 0 aliphatic rings. The van der Waals surface area contributed by atoms with Gasteiger partial charge in [-0.2, -0.15) is 0 Å². The standard InChI is InChI=1S/C19H22FNO3/c1-13(15-4-6-17(24-2)7-5-15)9-19(23)21-11-14-3-8-18(20)16(10-14)12-22/h3-8,10,13,22H,9,11-12H2,1-2H3,(H,21,23). The van der Waals surface area contributed by atoms with E-state index in [-0.39, 0.29) is 24.0 Å². The average molecular weight is 331 g/mol. The molecule has 0 aromatic heterocycles. The van der Waals surface area contributed by atoms with Crippen LogP contribution >= 0.6 is 0 Å². The smallest absolute Gasteiger partial charge is 0.220 e. The maximum absolute atomic E-state index is 13.3. The number of aliphatic hydroxyl groups is 1. The number of rotatable bonds is 7. The van der Waals surface area contributed by atoms with Crippen LogP contribution in [0.15, 0.2) is 42.5 Å². The second-order valence-electron chi connectivity index (χ2n) is 5.74. The van der Waals surface area contributed by atoms with Crippen molar-refractivity contribution < 1.29 is 19.0 Å². The van der Waals surface area contributed by atoms with Gasteiger partial charge in [0.15, 0.2) is 0 Å². The summed E-state index contributed by atoms with van der Waals surface area (Å²) in [7, 11) is 1.61. The number of nitrogens with one attached hydrogen (secondary N) is 1. The molecule has 0 spiro atoms. The van der Waals surface area contributed by atoms with Crippen molar-refractivity contribution in [3.05, 3.63) is 65.0 Å². The Morgan fingerprint density at radius 1 is 1.25 bits per heavy atom. The summed E-state index contributed by atoms with van der Waals surface area (Å²) in [5.74, 6) is 0.345. The van der Waals surface area contributed by atoms with Gasteiger partial charge in [-0.05, 0) is 41.3 Å². The number of hydrogen-bond acceptors (Lipinski definition) is 3. The van der Waals surface area contributed by atoms with Gasteiger partial charge in [-0.3, -0.25) is 4.79 Å². The Hall–Kier alpha value is -2.40. The van der Waals surface area contributed by atoms with Crippen molar-refractivity contribution in [3.8, 4) is 5.75 Å². The SMILES string of the molecule is COc1ccc(C(C)CC(=O)NCc2ccc(F)c(CO)c2)cc1. The molecular weight excluding hydrogens is 309 g/mol. The Labute approximate surface area is 141 Å². The first-order valence-corrected chi connectivity index (χ1v) is 7.82. The minimum atomic E-state index is -0.444. The average Bonchev–Trinajstić information content (AvgIpc) is 2.61. The van der Waals surface area contributed by atoms with E-state index in [1.165, 1.54) is 6.07 Å². The van der Waals surface area contributed by atoms with Crippen LogP contribution in [0.25, 0.3) is 0 Å². The van der Waals surface area contributed by atoms with Crippen LogP contribution < -0.4 is 10.1 Å². The lowest BCUT2D eigenvalue weighted by molar-refractivity contribution is -0.121. The summed E-state index contributed by atoms with van der Waals surface area (Å²) in [6, 6.07) is 12.1. The molecule has 0 aliphatic carbocycles. The second-order valence-corrected chi connectivity index (χ2v) is 5.74. The predicted octanol–water partition coefficient (Wildman–Crippen LogP) is 3.14. The van der Waals surface area contributed by atoms with E-state index in [1.54, 1.807) is 19.2 Å². The van der Waals surface area contributed by atoms with Gasteiger partial charge in [0.2, 0.25) is 5.91 Å². The predicted molar refractivity (Wildman–Crippen MR) is 90.2 cm³/mol. The zero-order valence-electron chi connectivity index (χ0n) is 13.9. The highest BCUT2D eigenvalue weighted by Gasteiger charge is 2.11. The lowest BCUT2D eigenvalue weighted by atomic mass is 9.97. The molecule has 5 heteroatoms. The molecule has 2 rings (SSSR count). The summed E-state index contributed by atoms with van der Waals surface area (Å²) in [6.07, 6.45) is 0.361. The zero-order chi connectivity index (χ0) is 17.5. The Balaban J connectivity index is 1.88. The Kier molecular flexibility index (Phi) is 6.32. The Bertz CT molecular complexity index is 686. The lowest BCUT2D eigenvalue weighted by Crippen LogP contribution is -2.24. The summed E-state index contributed by atoms with van der Waals surface area (Å²) < 4.78 is 18.4. The highest BCUT2D eigenvalue weighted by Crippen LogP contribution is 2.21. The third-order valence-electron chi connectivity index (χ3n) is 3.95. The number of carbonyl (C=O) groups is 1. The van der Waals surface area contributed by atoms with Crippen LogP contribution in [0.1, 0.15) is 36.0 Å². The molecule has 24 heavy (non-hydrogen) atoms. The van der Waals surface area contributed by atoms with Gasteiger partial charge in [0.05, 0.1) is 13.7 Å². The number of halogens is 1. The number of carbonyl (C=O) groups excluding carboxylic acids is 1. The summed E-state index contributed by atoms with van der Waals surface area (Å²) >= 11 is 0. The van der Waals surface area contributed by atoms with Crippen molar-refractivity contribution in [3.63, 3.8) is 0 Å². The van der Waals surface area contributed by atoms with Crippen molar-refractivity contribution in [1.82, 2.24) is 5.32 Å². The molecule has 128 valence electrons. The van der Waals surface area contributed by atoms with Crippen LogP contribution in [0.5, 0.6) is 5.75 Å². The van der Waals surface area contributed by atoms with Crippen molar-refractivity contribution in [2.24, 2.45) is 0 Å². The third kappa shape index (κ3) is 4.80. The molecule has 2 aromatic carbocycles. The molecule has 1 unspecified atom stereocenters. The molecule has 1 amide bonds. The van der Waals surface area contributed by atoms with Gasteiger partial charge >= 0.3 is 0 Å². The van der Waals surface area contributed by atoms with E-state index >= 15 is 0 Å². The van der Waals surface area contributed by atoms with Gasteiger partial charge in [-0.25, -0.2) is 4.39 Å². The van der Waals surface area contributed by atoms with Gasteiger partial charge in [0, 0.05) is 18.5 Å². The summed E-state index contributed by atoms with van der Waals surface area (Å²) in [5, 5.41) is 11.9. The molecule has 0 aliphatic heterocycles. The summed E-state index contributed by atoms with van der Waals surface area (Å²) in [5.41, 5.74) is 2.05. The molecule has 2 aromatic rings. The first kappa shape index (κ1) is 17.9. The summed E-state index contributed by atoms with van der Waals surface area (Å²) in [4.78, 5) is 12.1. The molecule has 0 fully saturated rings. The van der Waals surface area contributed by atoms with Crippen molar-refractivity contribution in [2.75, 3.05) is 7.11 Å². The molecule has 0 heterocycles. The normalized spacial score (nSPS) is 11.8. The quantitative estimate of drug-likeness (QED) is 0.819. The van der Waals surface area contributed by atoms with E-state index in [2.05, 4.69) is 5.32 Å². The van der Waals surface area contributed by atoms with Gasteiger partial charge in [-0.15, -0.1) is 0 Å². The van der Waals surface area contributed by atoms with E-state index in [4.69, 9.17) is 9.84 Å². The van der Waals surface area contributed by atoms with Crippen LogP contribution in [-0.2, 0) is 17.9 Å². The molecule has 2 N–H and O–H groups in total. The molecule has 0 radical (unpaired) electrons. The fourth-order valence-electron chi connectivity index (χ4n) is 2.46. The monoisotopic (exact) mass is 331 g/mol. The van der Waals surface area contributed by atoms with Crippen molar-refractivity contribution in [1.29, 1.82) is 0 Å². The van der Waals surface area contributed by atoms with Gasteiger partial charge < -0.3 is 15.2 Å². The fraction of sp³-hybridized carbons (Fsp3) is 0.316. The van der Waals surface area contributed by atoms with E-state index < -0.39 is 5.82 Å². The lowest BCUT2D eigenvalue weighted by Gasteiger charge is -2.13. The molecule has 1 atom stereocenters. The second kappa shape index (κ2) is 8.45. The maximum atomic E-state index is 13.3. The number of methoxy groups -OCH3 is 1. The van der Waals surface area contributed by atoms with Crippen molar-refractivity contribution >= 4 is 5.91 Å². The van der Waals surface area contributed by atoms with E-state index in [0.717, 1.165) is 16.9 Å². The van der Waals surface area contributed by atoms with Crippen LogP contribution in [0.4, 0.5) is 4.39 Å². The maximum Gasteiger partial charge on any atom is 0.220 e.